The summed E-state index contributed by atoms with van der Waals surface area (Å²) < 4.78 is 12.1. The number of hydrogen-bond acceptors (Lipinski definition) is 4. The third-order valence-corrected chi connectivity index (χ3v) is 2.35. The highest BCUT2D eigenvalue weighted by molar-refractivity contribution is 5.70. The number of carboxylic acids is 1. The molecular formula is C11H12N2O4. The van der Waals surface area contributed by atoms with Crippen molar-refractivity contribution < 1.29 is 19.4 Å². The molecule has 90 valence electrons. The van der Waals surface area contributed by atoms with E-state index >= 15 is 0 Å². The lowest BCUT2D eigenvalue weighted by Crippen LogP contribution is -1.99. The van der Waals surface area contributed by atoms with Crippen molar-refractivity contribution in [1.29, 1.82) is 0 Å². The normalized spacial score (nSPS) is 10.5. The quantitative estimate of drug-likeness (QED) is 0.856. The number of aliphatic carboxylic acids is 1. The van der Waals surface area contributed by atoms with Crippen molar-refractivity contribution >= 4 is 11.6 Å². The van der Waals surface area contributed by atoms with E-state index in [0.29, 0.717) is 22.8 Å². The van der Waals surface area contributed by atoms with Crippen LogP contribution in [0.1, 0.15) is 5.69 Å². The van der Waals surface area contributed by atoms with Crippen molar-refractivity contribution in [2.24, 2.45) is 0 Å². The lowest BCUT2D eigenvalue weighted by atomic mass is 10.3. The summed E-state index contributed by atoms with van der Waals surface area (Å²) in [6.07, 6.45) is 3.29. The fourth-order valence-electron chi connectivity index (χ4n) is 1.65. The molecule has 0 fully saturated rings. The Morgan fingerprint density at radius 2 is 2.24 bits per heavy atom. The molecule has 1 N–H and O–H groups in total. The number of ether oxygens (including phenoxy) is 2. The van der Waals surface area contributed by atoms with Crippen molar-refractivity contribution in [3.05, 3.63) is 24.2 Å². The number of fused-ring (bicyclic) bond motifs is 1. The van der Waals surface area contributed by atoms with E-state index in [1.54, 1.807) is 22.9 Å². The van der Waals surface area contributed by atoms with E-state index in [1.807, 2.05) is 0 Å². The Kier molecular flexibility index (Phi) is 2.86. The van der Waals surface area contributed by atoms with Crippen LogP contribution in [0.25, 0.3) is 5.65 Å². The molecule has 0 aliphatic rings. The number of hydrogen-bond donors (Lipinski definition) is 1. The molecule has 6 nitrogen and oxygen atoms in total. The summed E-state index contributed by atoms with van der Waals surface area (Å²) in [6.45, 7) is 0. The Morgan fingerprint density at radius 3 is 2.82 bits per heavy atom. The zero-order valence-corrected chi connectivity index (χ0v) is 9.51. The summed E-state index contributed by atoms with van der Waals surface area (Å²) in [5, 5.41) is 8.71. The van der Waals surface area contributed by atoms with E-state index in [0.717, 1.165) is 0 Å². The zero-order chi connectivity index (χ0) is 12.4. The molecule has 0 amide bonds. The molecule has 6 heteroatoms. The van der Waals surface area contributed by atoms with Gasteiger partial charge in [0.1, 0.15) is 0 Å². The molecule has 2 aromatic heterocycles. The minimum atomic E-state index is -0.917. The Bertz CT molecular complexity index is 562. The van der Waals surface area contributed by atoms with Gasteiger partial charge in [-0.15, -0.1) is 0 Å². The van der Waals surface area contributed by atoms with Gasteiger partial charge in [0.2, 0.25) is 5.75 Å². The van der Waals surface area contributed by atoms with Gasteiger partial charge in [-0.1, -0.05) is 0 Å². The van der Waals surface area contributed by atoms with Crippen LogP contribution in [0.2, 0.25) is 0 Å². The molecule has 0 bridgehead atoms. The van der Waals surface area contributed by atoms with Gasteiger partial charge in [-0.3, -0.25) is 4.79 Å². The van der Waals surface area contributed by atoms with Gasteiger partial charge in [0.25, 0.3) is 0 Å². The predicted molar refractivity (Wildman–Crippen MR) is 59.6 cm³/mol. The summed E-state index contributed by atoms with van der Waals surface area (Å²) in [5.74, 6) is 0.137. The largest absolute Gasteiger partial charge is 0.493 e. The van der Waals surface area contributed by atoms with Crippen molar-refractivity contribution in [3.8, 4) is 11.5 Å². The molecule has 0 atom stereocenters. The van der Waals surface area contributed by atoms with Crippen LogP contribution in [0.3, 0.4) is 0 Å². The second-order valence-electron chi connectivity index (χ2n) is 3.45. The Morgan fingerprint density at radius 1 is 1.47 bits per heavy atom. The summed E-state index contributed by atoms with van der Waals surface area (Å²) >= 11 is 0. The molecule has 0 unspecified atom stereocenters. The maximum Gasteiger partial charge on any atom is 0.309 e. The highest BCUT2D eigenvalue weighted by Crippen LogP contribution is 2.30. The van der Waals surface area contributed by atoms with Gasteiger partial charge < -0.3 is 19.0 Å². The van der Waals surface area contributed by atoms with E-state index in [2.05, 4.69) is 4.98 Å². The number of aromatic nitrogens is 2. The molecule has 0 aromatic carbocycles. The second kappa shape index (κ2) is 4.32. The van der Waals surface area contributed by atoms with Crippen LogP contribution in [0, 0.1) is 0 Å². The van der Waals surface area contributed by atoms with Crippen molar-refractivity contribution in [1.82, 2.24) is 9.38 Å². The standard InChI is InChI=1S/C11H12N2O4/c1-16-8-3-4-13-6-7(5-9(14)15)12-11(13)10(8)17-2/h3-4,6H,5H2,1-2H3,(H,14,15). The van der Waals surface area contributed by atoms with E-state index in [9.17, 15) is 4.79 Å². The maximum atomic E-state index is 10.6. The van der Waals surface area contributed by atoms with Gasteiger partial charge in [0, 0.05) is 18.5 Å². The summed E-state index contributed by atoms with van der Waals surface area (Å²) in [5.41, 5.74) is 1.02. The monoisotopic (exact) mass is 236 g/mol. The third kappa shape index (κ3) is 2.01. The van der Waals surface area contributed by atoms with Gasteiger partial charge in [-0.05, 0) is 0 Å². The molecule has 2 heterocycles. The average molecular weight is 236 g/mol. The number of nitrogens with zero attached hydrogens (tertiary/aromatic N) is 2. The van der Waals surface area contributed by atoms with Crippen LogP contribution in [-0.2, 0) is 11.2 Å². The number of pyridine rings is 1. The minimum absolute atomic E-state index is 0.118. The number of rotatable bonds is 4. The SMILES string of the molecule is COc1ccn2cc(CC(=O)O)nc2c1OC. The first-order valence-electron chi connectivity index (χ1n) is 4.96. The lowest BCUT2D eigenvalue weighted by molar-refractivity contribution is -0.136. The molecule has 0 saturated heterocycles. The highest BCUT2D eigenvalue weighted by Gasteiger charge is 2.13. The van der Waals surface area contributed by atoms with Gasteiger partial charge in [0.15, 0.2) is 11.4 Å². The first kappa shape index (κ1) is 11.3. The van der Waals surface area contributed by atoms with Crippen LogP contribution in [0.4, 0.5) is 0 Å². The second-order valence-corrected chi connectivity index (χ2v) is 3.45. The van der Waals surface area contributed by atoms with E-state index in [1.165, 1.54) is 14.2 Å². The molecule has 0 aliphatic heterocycles. The van der Waals surface area contributed by atoms with Crippen LogP contribution in [0.5, 0.6) is 11.5 Å². The van der Waals surface area contributed by atoms with Crippen LogP contribution in [0.15, 0.2) is 18.5 Å². The highest BCUT2D eigenvalue weighted by atomic mass is 16.5. The lowest BCUT2D eigenvalue weighted by Gasteiger charge is -2.07. The summed E-state index contributed by atoms with van der Waals surface area (Å²) in [4.78, 5) is 14.8. The molecule has 0 spiro atoms. The van der Waals surface area contributed by atoms with Gasteiger partial charge in [0.05, 0.1) is 26.3 Å². The zero-order valence-electron chi connectivity index (χ0n) is 9.51. The molecule has 2 aromatic rings. The number of carboxylic acid groups (broad SMARTS) is 1. The van der Waals surface area contributed by atoms with Crippen molar-refractivity contribution in [2.45, 2.75) is 6.42 Å². The molecule has 0 radical (unpaired) electrons. The van der Waals surface area contributed by atoms with Gasteiger partial charge in [-0.2, -0.15) is 0 Å². The minimum Gasteiger partial charge on any atom is -0.493 e. The summed E-state index contributed by atoms with van der Waals surface area (Å²) in [7, 11) is 3.05. The summed E-state index contributed by atoms with van der Waals surface area (Å²) in [6, 6.07) is 1.73. The first-order chi connectivity index (χ1) is 8.15. The third-order valence-electron chi connectivity index (χ3n) is 2.35. The first-order valence-corrected chi connectivity index (χ1v) is 4.96. The Balaban J connectivity index is 2.56. The molecule has 0 aliphatic carbocycles. The maximum absolute atomic E-state index is 10.6. The molecular weight excluding hydrogens is 224 g/mol. The van der Waals surface area contributed by atoms with E-state index in [-0.39, 0.29) is 6.42 Å². The average Bonchev–Trinajstić information content (AvgIpc) is 2.68. The predicted octanol–water partition coefficient (Wildman–Crippen LogP) is 0.979. The molecule has 2 rings (SSSR count). The van der Waals surface area contributed by atoms with Gasteiger partial charge in [-0.25, -0.2) is 4.98 Å². The van der Waals surface area contributed by atoms with Crippen LogP contribution >= 0.6 is 0 Å². The number of carbonyl (C=O) groups is 1. The Hall–Kier alpha value is -2.24. The van der Waals surface area contributed by atoms with Crippen LogP contribution in [-0.4, -0.2) is 34.7 Å². The van der Waals surface area contributed by atoms with Crippen molar-refractivity contribution in [2.75, 3.05) is 14.2 Å². The number of methoxy groups -OCH3 is 2. The van der Waals surface area contributed by atoms with E-state index < -0.39 is 5.97 Å². The van der Waals surface area contributed by atoms with Crippen molar-refractivity contribution in [3.63, 3.8) is 0 Å². The van der Waals surface area contributed by atoms with Crippen LogP contribution < -0.4 is 9.47 Å². The topological polar surface area (TPSA) is 73.1 Å². The van der Waals surface area contributed by atoms with E-state index in [4.69, 9.17) is 14.6 Å². The number of imidazole rings is 1. The Labute approximate surface area is 97.4 Å². The van der Waals surface area contributed by atoms with Gasteiger partial charge >= 0.3 is 5.97 Å². The smallest absolute Gasteiger partial charge is 0.309 e. The molecule has 0 saturated carbocycles. The fourth-order valence-corrected chi connectivity index (χ4v) is 1.65. The fraction of sp³-hybridized carbons (Fsp3) is 0.273. The molecule has 17 heavy (non-hydrogen) atoms.